The maximum absolute atomic E-state index is 11.3. The molecule has 3 heteroatoms. The van der Waals surface area contributed by atoms with Gasteiger partial charge in [0.2, 0.25) is 0 Å². The highest BCUT2D eigenvalue weighted by atomic mass is 79.9. The zero-order chi connectivity index (χ0) is 10.6. The SMILES string of the molecule is CCc1cccc(Cl)c1CC(=O)CBr. The van der Waals surface area contributed by atoms with Crippen molar-refractivity contribution < 1.29 is 4.79 Å². The van der Waals surface area contributed by atoms with E-state index in [-0.39, 0.29) is 5.78 Å². The number of carbonyl (C=O) groups is 1. The van der Waals surface area contributed by atoms with Crippen molar-refractivity contribution >= 4 is 33.3 Å². The van der Waals surface area contributed by atoms with Gasteiger partial charge in [-0.3, -0.25) is 4.79 Å². The Hall–Kier alpha value is -0.340. The number of carbonyl (C=O) groups excluding carboxylic acids is 1. The third kappa shape index (κ3) is 2.82. The monoisotopic (exact) mass is 274 g/mol. The molecule has 1 rings (SSSR count). The van der Waals surface area contributed by atoms with Crippen molar-refractivity contribution in [2.45, 2.75) is 19.8 Å². The van der Waals surface area contributed by atoms with Crippen molar-refractivity contribution in [2.75, 3.05) is 5.33 Å². The molecular weight excluding hydrogens is 263 g/mol. The Kier molecular flexibility index (Phi) is 4.63. The molecule has 0 amide bonds. The second-order valence-electron chi connectivity index (χ2n) is 3.08. The van der Waals surface area contributed by atoms with Crippen LogP contribution in [0.2, 0.25) is 5.02 Å². The molecule has 0 heterocycles. The molecule has 0 saturated carbocycles. The summed E-state index contributed by atoms with van der Waals surface area (Å²) in [6.45, 7) is 2.06. The number of hydrogen-bond acceptors (Lipinski definition) is 1. The molecule has 0 unspecified atom stereocenters. The van der Waals surface area contributed by atoms with Crippen LogP contribution in [-0.4, -0.2) is 11.1 Å². The van der Waals surface area contributed by atoms with Crippen molar-refractivity contribution in [3.05, 3.63) is 34.3 Å². The van der Waals surface area contributed by atoms with Crippen LogP contribution in [0.3, 0.4) is 0 Å². The summed E-state index contributed by atoms with van der Waals surface area (Å²) in [6.07, 6.45) is 1.33. The molecule has 0 saturated heterocycles. The predicted molar refractivity (Wildman–Crippen MR) is 63.3 cm³/mol. The first-order valence-corrected chi connectivity index (χ1v) is 6.03. The number of halogens is 2. The fourth-order valence-electron chi connectivity index (χ4n) is 1.38. The van der Waals surface area contributed by atoms with Crippen LogP contribution >= 0.6 is 27.5 Å². The Morgan fingerprint density at radius 2 is 2.21 bits per heavy atom. The minimum atomic E-state index is 0.160. The predicted octanol–water partition coefficient (Wildman–Crippen LogP) is 3.41. The molecule has 0 aromatic heterocycles. The lowest BCUT2D eigenvalue weighted by Crippen LogP contribution is -2.06. The Labute approximate surface area is 97.6 Å². The Morgan fingerprint density at radius 3 is 2.79 bits per heavy atom. The molecular formula is C11H12BrClO. The van der Waals surface area contributed by atoms with E-state index in [1.165, 1.54) is 0 Å². The van der Waals surface area contributed by atoms with Gasteiger partial charge in [0, 0.05) is 11.4 Å². The van der Waals surface area contributed by atoms with Crippen LogP contribution in [0, 0.1) is 0 Å². The van der Waals surface area contributed by atoms with E-state index in [0.29, 0.717) is 16.8 Å². The lowest BCUT2D eigenvalue weighted by atomic mass is 10.0. The summed E-state index contributed by atoms with van der Waals surface area (Å²) in [5, 5.41) is 1.08. The molecule has 0 radical (unpaired) electrons. The molecule has 0 aliphatic heterocycles. The summed E-state index contributed by atoms with van der Waals surface area (Å²) < 4.78 is 0. The van der Waals surface area contributed by atoms with Gasteiger partial charge in [-0.25, -0.2) is 0 Å². The smallest absolute Gasteiger partial charge is 0.147 e. The van der Waals surface area contributed by atoms with E-state index in [2.05, 4.69) is 22.9 Å². The standard InChI is InChI=1S/C11H12BrClO/c1-2-8-4-3-5-11(13)10(8)6-9(14)7-12/h3-5H,2,6-7H2,1H3. The molecule has 0 fully saturated rings. The third-order valence-electron chi connectivity index (χ3n) is 2.12. The number of hydrogen-bond donors (Lipinski definition) is 0. The normalized spacial score (nSPS) is 10.2. The van der Waals surface area contributed by atoms with Crippen LogP contribution in [0.15, 0.2) is 18.2 Å². The highest BCUT2D eigenvalue weighted by Gasteiger charge is 2.09. The minimum absolute atomic E-state index is 0.160. The van der Waals surface area contributed by atoms with Gasteiger partial charge >= 0.3 is 0 Å². The lowest BCUT2D eigenvalue weighted by molar-refractivity contribution is -0.115. The Balaban J connectivity index is 2.98. The van der Waals surface area contributed by atoms with Gasteiger partial charge in [0.1, 0.15) is 5.78 Å². The first-order valence-electron chi connectivity index (χ1n) is 4.53. The van der Waals surface area contributed by atoms with Crippen LogP contribution in [0.25, 0.3) is 0 Å². The van der Waals surface area contributed by atoms with Gasteiger partial charge in [-0.2, -0.15) is 0 Å². The Morgan fingerprint density at radius 1 is 1.50 bits per heavy atom. The average molecular weight is 276 g/mol. The molecule has 0 bridgehead atoms. The van der Waals surface area contributed by atoms with Crippen molar-refractivity contribution in [3.63, 3.8) is 0 Å². The fraction of sp³-hybridized carbons (Fsp3) is 0.364. The lowest BCUT2D eigenvalue weighted by Gasteiger charge is -2.08. The molecule has 0 aliphatic rings. The molecule has 0 spiro atoms. The van der Waals surface area contributed by atoms with E-state index in [4.69, 9.17) is 11.6 Å². The molecule has 1 aromatic rings. The van der Waals surface area contributed by atoms with Gasteiger partial charge in [0.25, 0.3) is 0 Å². The average Bonchev–Trinajstić information content (AvgIpc) is 2.20. The quantitative estimate of drug-likeness (QED) is 0.770. The number of alkyl halides is 1. The molecule has 0 N–H and O–H groups in total. The van der Waals surface area contributed by atoms with Gasteiger partial charge in [-0.05, 0) is 23.6 Å². The minimum Gasteiger partial charge on any atom is -0.298 e. The van der Waals surface area contributed by atoms with Crippen molar-refractivity contribution in [1.29, 1.82) is 0 Å². The van der Waals surface area contributed by atoms with Crippen LogP contribution in [0.1, 0.15) is 18.1 Å². The summed E-state index contributed by atoms with van der Waals surface area (Å²) in [6, 6.07) is 5.77. The van der Waals surface area contributed by atoms with E-state index >= 15 is 0 Å². The summed E-state index contributed by atoms with van der Waals surface area (Å²) in [7, 11) is 0. The van der Waals surface area contributed by atoms with Crippen LogP contribution < -0.4 is 0 Å². The van der Waals surface area contributed by atoms with Crippen LogP contribution in [0.5, 0.6) is 0 Å². The number of rotatable bonds is 4. The topological polar surface area (TPSA) is 17.1 Å². The zero-order valence-corrected chi connectivity index (χ0v) is 10.4. The number of Topliss-reactive ketones (excluding diaryl/α,β-unsaturated/α-hetero) is 1. The van der Waals surface area contributed by atoms with Crippen LogP contribution in [-0.2, 0) is 17.6 Å². The van der Waals surface area contributed by atoms with Gasteiger partial charge in [0.05, 0.1) is 5.33 Å². The maximum Gasteiger partial charge on any atom is 0.147 e. The molecule has 1 nitrogen and oxygen atoms in total. The summed E-state index contributed by atoms with van der Waals surface area (Å²) in [5.41, 5.74) is 2.13. The summed E-state index contributed by atoms with van der Waals surface area (Å²) in [4.78, 5) is 11.3. The molecule has 76 valence electrons. The molecule has 0 atom stereocenters. The van der Waals surface area contributed by atoms with Crippen molar-refractivity contribution in [2.24, 2.45) is 0 Å². The highest BCUT2D eigenvalue weighted by molar-refractivity contribution is 9.09. The number of ketones is 1. The van der Waals surface area contributed by atoms with E-state index in [0.717, 1.165) is 17.5 Å². The van der Waals surface area contributed by atoms with E-state index in [1.807, 2.05) is 18.2 Å². The van der Waals surface area contributed by atoms with E-state index in [9.17, 15) is 4.79 Å². The second kappa shape index (κ2) is 5.52. The maximum atomic E-state index is 11.3. The van der Waals surface area contributed by atoms with Gasteiger partial charge in [-0.1, -0.05) is 46.6 Å². The largest absolute Gasteiger partial charge is 0.298 e. The second-order valence-corrected chi connectivity index (χ2v) is 4.05. The van der Waals surface area contributed by atoms with E-state index in [1.54, 1.807) is 0 Å². The highest BCUT2D eigenvalue weighted by Crippen LogP contribution is 2.21. The summed E-state index contributed by atoms with van der Waals surface area (Å²) in [5.74, 6) is 0.160. The molecule has 0 aliphatic carbocycles. The van der Waals surface area contributed by atoms with Gasteiger partial charge in [0.15, 0.2) is 0 Å². The van der Waals surface area contributed by atoms with Crippen LogP contribution in [0.4, 0.5) is 0 Å². The zero-order valence-electron chi connectivity index (χ0n) is 8.02. The third-order valence-corrected chi connectivity index (χ3v) is 3.10. The molecule has 14 heavy (non-hydrogen) atoms. The van der Waals surface area contributed by atoms with Gasteiger partial charge in [-0.15, -0.1) is 0 Å². The number of benzene rings is 1. The first kappa shape index (κ1) is 11.7. The number of aryl methyl sites for hydroxylation is 1. The first-order chi connectivity index (χ1) is 6.69. The molecule has 1 aromatic carbocycles. The van der Waals surface area contributed by atoms with E-state index < -0.39 is 0 Å². The fourth-order valence-corrected chi connectivity index (χ4v) is 1.84. The van der Waals surface area contributed by atoms with Crippen molar-refractivity contribution in [1.82, 2.24) is 0 Å². The van der Waals surface area contributed by atoms with Gasteiger partial charge < -0.3 is 0 Å². The summed E-state index contributed by atoms with van der Waals surface area (Å²) >= 11 is 9.19. The van der Waals surface area contributed by atoms with Crippen molar-refractivity contribution in [3.8, 4) is 0 Å². The Bertz CT molecular complexity index is 336.